The van der Waals surface area contributed by atoms with Crippen molar-refractivity contribution in [3.8, 4) is 0 Å². The van der Waals surface area contributed by atoms with Crippen molar-refractivity contribution in [2.24, 2.45) is 0 Å². The van der Waals surface area contributed by atoms with E-state index in [1.54, 1.807) is 18.2 Å². The molecule has 2 aromatic rings. The molecule has 0 aromatic heterocycles. The molecule has 0 atom stereocenters. The van der Waals surface area contributed by atoms with Gasteiger partial charge in [-0.2, -0.15) is 0 Å². The first-order valence-electron chi connectivity index (χ1n) is 6.90. The molecule has 3 heteroatoms. The molecule has 1 N–H and O–H groups in total. The van der Waals surface area contributed by atoms with Gasteiger partial charge in [0.1, 0.15) is 0 Å². The fourth-order valence-corrected chi connectivity index (χ4v) is 1.99. The molecule has 0 aliphatic carbocycles. The Morgan fingerprint density at radius 3 is 2.38 bits per heavy atom. The van der Waals surface area contributed by atoms with Crippen LogP contribution in [0, 0.1) is 0 Å². The Hall–Kier alpha value is -2.39. The number of benzene rings is 2. The van der Waals surface area contributed by atoms with Gasteiger partial charge >= 0.3 is 0 Å². The first-order chi connectivity index (χ1) is 10.2. The third kappa shape index (κ3) is 4.29. The molecule has 21 heavy (non-hydrogen) atoms. The van der Waals surface area contributed by atoms with Crippen molar-refractivity contribution in [2.45, 2.75) is 0 Å². The summed E-state index contributed by atoms with van der Waals surface area (Å²) in [6.45, 7) is 0.728. The van der Waals surface area contributed by atoms with Crippen LogP contribution in [0.3, 0.4) is 0 Å². The van der Waals surface area contributed by atoms with E-state index in [1.807, 2.05) is 60.5 Å². The van der Waals surface area contributed by atoms with E-state index in [0.29, 0.717) is 12.1 Å². The van der Waals surface area contributed by atoms with Crippen LogP contribution < -0.4 is 4.90 Å². The van der Waals surface area contributed by atoms with E-state index in [2.05, 4.69) is 0 Å². The lowest BCUT2D eigenvalue weighted by Crippen LogP contribution is -2.20. The Kier molecular flexibility index (Phi) is 5.29. The van der Waals surface area contributed by atoms with Crippen LogP contribution in [0.25, 0.3) is 6.08 Å². The SMILES string of the molecule is CN(CCO)c1ccc(/C=C/C(=O)c2ccccc2)cc1. The van der Waals surface area contributed by atoms with Crippen LogP contribution in [0.4, 0.5) is 5.69 Å². The summed E-state index contributed by atoms with van der Waals surface area (Å²) in [4.78, 5) is 13.9. The summed E-state index contributed by atoms with van der Waals surface area (Å²) in [7, 11) is 1.93. The van der Waals surface area contributed by atoms with Gasteiger partial charge in [0.2, 0.25) is 0 Å². The van der Waals surface area contributed by atoms with E-state index in [0.717, 1.165) is 11.3 Å². The first kappa shape index (κ1) is 15.0. The number of likely N-dealkylation sites (N-methyl/N-ethyl adjacent to an activating group) is 1. The van der Waals surface area contributed by atoms with Crippen LogP contribution >= 0.6 is 0 Å². The van der Waals surface area contributed by atoms with Gasteiger partial charge in [-0.3, -0.25) is 4.79 Å². The molecule has 2 aromatic carbocycles. The lowest BCUT2D eigenvalue weighted by molar-refractivity contribution is 0.104. The fraction of sp³-hybridized carbons (Fsp3) is 0.167. The average Bonchev–Trinajstić information content (AvgIpc) is 2.54. The molecule has 3 nitrogen and oxygen atoms in total. The van der Waals surface area contributed by atoms with Gasteiger partial charge in [0.15, 0.2) is 5.78 Å². The van der Waals surface area contributed by atoms with Crippen LogP contribution in [0.2, 0.25) is 0 Å². The summed E-state index contributed by atoms with van der Waals surface area (Å²) < 4.78 is 0. The van der Waals surface area contributed by atoms with E-state index < -0.39 is 0 Å². The van der Waals surface area contributed by atoms with Gasteiger partial charge in [-0.05, 0) is 23.8 Å². The molecular weight excluding hydrogens is 262 g/mol. The fourth-order valence-electron chi connectivity index (χ4n) is 1.99. The summed E-state index contributed by atoms with van der Waals surface area (Å²) in [6, 6.07) is 17.1. The number of rotatable bonds is 6. The molecule has 0 aliphatic heterocycles. The number of anilines is 1. The van der Waals surface area contributed by atoms with Crippen molar-refractivity contribution in [1.82, 2.24) is 0 Å². The predicted molar refractivity (Wildman–Crippen MR) is 86.6 cm³/mol. The van der Waals surface area contributed by atoms with E-state index >= 15 is 0 Å². The highest BCUT2D eigenvalue weighted by atomic mass is 16.3. The largest absolute Gasteiger partial charge is 0.395 e. The van der Waals surface area contributed by atoms with Crippen LogP contribution in [0.1, 0.15) is 15.9 Å². The predicted octanol–water partition coefficient (Wildman–Crippen LogP) is 3.01. The molecule has 0 radical (unpaired) electrons. The maximum Gasteiger partial charge on any atom is 0.185 e. The molecule has 0 heterocycles. The average molecular weight is 281 g/mol. The minimum Gasteiger partial charge on any atom is -0.395 e. The van der Waals surface area contributed by atoms with E-state index in [9.17, 15) is 4.79 Å². The molecule has 108 valence electrons. The summed E-state index contributed by atoms with van der Waals surface area (Å²) >= 11 is 0. The molecular formula is C18H19NO2. The summed E-state index contributed by atoms with van der Waals surface area (Å²) in [5.41, 5.74) is 2.70. The zero-order chi connectivity index (χ0) is 15.1. The molecule has 0 fully saturated rings. The number of hydrogen-bond donors (Lipinski definition) is 1. The van der Waals surface area contributed by atoms with Crippen LogP contribution in [-0.4, -0.2) is 31.1 Å². The number of carbonyl (C=O) groups excluding carboxylic acids is 1. The minimum absolute atomic E-state index is 0.00271. The molecule has 0 saturated carbocycles. The molecule has 2 rings (SSSR count). The van der Waals surface area contributed by atoms with Gasteiger partial charge < -0.3 is 10.0 Å². The number of hydrogen-bond acceptors (Lipinski definition) is 3. The third-order valence-electron chi connectivity index (χ3n) is 3.25. The number of carbonyl (C=O) groups is 1. The highest BCUT2D eigenvalue weighted by molar-refractivity contribution is 6.06. The number of aliphatic hydroxyl groups excluding tert-OH is 1. The Morgan fingerprint density at radius 2 is 1.76 bits per heavy atom. The number of nitrogens with zero attached hydrogens (tertiary/aromatic N) is 1. The van der Waals surface area contributed by atoms with Crippen LogP contribution in [0.15, 0.2) is 60.7 Å². The first-order valence-corrected chi connectivity index (χ1v) is 6.90. The Morgan fingerprint density at radius 1 is 1.10 bits per heavy atom. The third-order valence-corrected chi connectivity index (χ3v) is 3.25. The smallest absolute Gasteiger partial charge is 0.185 e. The minimum atomic E-state index is -0.00271. The highest BCUT2D eigenvalue weighted by Crippen LogP contribution is 2.14. The van der Waals surface area contributed by atoms with E-state index in [4.69, 9.17) is 5.11 Å². The van der Waals surface area contributed by atoms with E-state index in [-0.39, 0.29) is 12.4 Å². The molecule has 0 spiro atoms. The van der Waals surface area contributed by atoms with Gasteiger partial charge in [0, 0.05) is 24.8 Å². The Labute approximate surface area is 125 Å². The van der Waals surface area contributed by atoms with Crippen molar-refractivity contribution in [2.75, 3.05) is 25.1 Å². The maximum absolute atomic E-state index is 12.0. The number of allylic oxidation sites excluding steroid dienone is 1. The normalized spacial score (nSPS) is 10.8. The second kappa shape index (κ2) is 7.41. The highest BCUT2D eigenvalue weighted by Gasteiger charge is 2.01. The van der Waals surface area contributed by atoms with Gasteiger partial charge in [-0.25, -0.2) is 0 Å². The second-order valence-corrected chi connectivity index (χ2v) is 4.80. The molecule has 0 amide bonds. The summed E-state index contributed by atoms with van der Waals surface area (Å²) in [5, 5.41) is 8.92. The topological polar surface area (TPSA) is 40.5 Å². The van der Waals surface area contributed by atoms with E-state index in [1.165, 1.54) is 0 Å². The zero-order valence-electron chi connectivity index (χ0n) is 12.1. The molecule has 0 bridgehead atoms. The Bertz CT molecular complexity index is 603. The standard InChI is InChI=1S/C18H19NO2/c1-19(13-14-20)17-10-7-15(8-11-17)9-12-18(21)16-5-3-2-4-6-16/h2-12,20H,13-14H2,1H3/b12-9+. The zero-order valence-corrected chi connectivity index (χ0v) is 12.1. The van der Waals surface area contributed by atoms with Crippen molar-refractivity contribution in [3.63, 3.8) is 0 Å². The summed E-state index contributed by atoms with van der Waals surface area (Å²) in [6.07, 6.45) is 3.40. The molecule has 0 unspecified atom stereocenters. The van der Waals surface area contributed by atoms with Gasteiger partial charge in [0.05, 0.1) is 6.61 Å². The lowest BCUT2D eigenvalue weighted by Gasteiger charge is -2.17. The van der Waals surface area contributed by atoms with Crippen molar-refractivity contribution in [1.29, 1.82) is 0 Å². The number of ketones is 1. The second-order valence-electron chi connectivity index (χ2n) is 4.80. The lowest BCUT2D eigenvalue weighted by atomic mass is 10.1. The Balaban J connectivity index is 2.03. The van der Waals surface area contributed by atoms with Gasteiger partial charge in [0.25, 0.3) is 0 Å². The van der Waals surface area contributed by atoms with Crippen LogP contribution in [0.5, 0.6) is 0 Å². The summed E-state index contributed by atoms with van der Waals surface area (Å²) in [5.74, 6) is -0.00271. The number of aliphatic hydroxyl groups is 1. The molecule has 0 aliphatic rings. The monoisotopic (exact) mass is 281 g/mol. The maximum atomic E-state index is 12.0. The quantitative estimate of drug-likeness (QED) is 0.653. The van der Waals surface area contributed by atoms with Crippen LogP contribution in [-0.2, 0) is 0 Å². The van der Waals surface area contributed by atoms with Crippen molar-refractivity contribution in [3.05, 3.63) is 71.8 Å². The van der Waals surface area contributed by atoms with Gasteiger partial charge in [-0.15, -0.1) is 0 Å². The van der Waals surface area contributed by atoms with Crippen molar-refractivity contribution >= 4 is 17.5 Å². The van der Waals surface area contributed by atoms with Crippen molar-refractivity contribution < 1.29 is 9.90 Å². The molecule has 0 saturated heterocycles. The van der Waals surface area contributed by atoms with Gasteiger partial charge in [-0.1, -0.05) is 48.5 Å².